The van der Waals surface area contributed by atoms with Crippen molar-refractivity contribution in [1.82, 2.24) is 9.80 Å². The minimum atomic E-state index is 0.185. The summed E-state index contributed by atoms with van der Waals surface area (Å²) >= 11 is 3.40. The van der Waals surface area contributed by atoms with Crippen molar-refractivity contribution in [2.24, 2.45) is 0 Å². The number of likely N-dealkylation sites (N-methyl/N-ethyl adjacent to an activating group) is 1. The van der Waals surface area contributed by atoms with E-state index >= 15 is 0 Å². The van der Waals surface area contributed by atoms with Gasteiger partial charge in [-0.3, -0.25) is 9.69 Å². The first-order valence-corrected chi connectivity index (χ1v) is 7.64. The Kier molecular flexibility index (Phi) is 5.55. The van der Waals surface area contributed by atoms with Gasteiger partial charge in [-0.2, -0.15) is 0 Å². The van der Waals surface area contributed by atoms with Crippen LogP contribution in [-0.2, 0) is 0 Å². The van der Waals surface area contributed by atoms with Crippen LogP contribution in [0.5, 0.6) is 0 Å². The Bertz CT molecular complexity index is 430. The lowest BCUT2D eigenvalue weighted by Gasteiger charge is -2.20. The Morgan fingerprint density at radius 1 is 1.37 bits per heavy atom. The highest BCUT2D eigenvalue weighted by Gasteiger charge is 2.13. The molecule has 0 aliphatic carbocycles. The standard InChI is InChI=1S/C15H21BrN2O/c1-17(9-10-18-7-2-3-8-18)12-15(19)13-5-4-6-14(16)11-13/h4-6,11H,2-3,7-10,12H2,1H3. The van der Waals surface area contributed by atoms with Crippen LogP contribution in [0.25, 0.3) is 0 Å². The quantitative estimate of drug-likeness (QED) is 0.752. The van der Waals surface area contributed by atoms with Crippen molar-refractivity contribution in [2.45, 2.75) is 12.8 Å². The van der Waals surface area contributed by atoms with Gasteiger partial charge in [-0.15, -0.1) is 0 Å². The van der Waals surface area contributed by atoms with Gasteiger partial charge < -0.3 is 4.90 Å². The van der Waals surface area contributed by atoms with E-state index < -0.39 is 0 Å². The molecular weight excluding hydrogens is 304 g/mol. The molecule has 1 aliphatic rings. The molecule has 1 heterocycles. The number of Topliss-reactive ketones (excluding diaryl/α,β-unsaturated/α-hetero) is 1. The number of rotatable bonds is 6. The molecule has 1 aliphatic heterocycles. The summed E-state index contributed by atoms with van der Waals surface area (Å²) in [5.41, 5.74) is 0.780. The van der Waals surface area contributed by atoms with Gasteiger partial charge in [-0.25, -0.2) is 0 Å². The first kappa shape index (κ1) is 14.7. The molecule has 0 unspecified atom stereocenters. The third kappa shape index (κ3) is 4.71. The molecule has 1 saturated heterocycles. The molecule has 0 radical (unpaired) electrons. The topological polar surface area (TPSA) is 23.6 Å². The van der Waals surface area contributed by atoms with Crippen molar-refractivity contribution in [3.63, 3.8) is 0 Å². The van der Waals surface area contributed by atoms with Crippen LogP contribution in [0.1, 0.15) is 23.2 Å². The Hall–Kier alpha value is -0.710. The van der Waals surface area contributed by atoms with Gasteiger partial charge in [0, 0.05) is 23.1 Å². The molecule has 104 valence electrons. The van der Waals surface area contributed by atoms with E-state index in [0.29, 0.717) is 6.54 Å². The molecule has 0 bridgehead atoms. The molecule has 0 atom stereocenters. The Morgan fingerprint density at radius 2 is 2.11 bits per heavy atom. The SMILES string of the molecule is CN(CCN1CCCC1)CC(=O)c1cccc(Br)c1. The maximum Gasteiger partial charge on any atom is 0.176 e. The fraction of sp³-hybridized carbons (Fsp3) is 0.533. The highest BCUT2D eigenvalue weighted by Crippen LogP contribution is 2.12. The zero-order chi connectivity index (χ0) is 13.7. The summed E-state index contributed by atoms with van der Waals surface area (Å²) in [5, 5.41) is 0. The maximum atomic E-state index is 12.1. The van der Waals surface area contributed by atoms with Crippen molar-refractivity contribution < 1.29 is 4.79 Å². The molecule has 1 fully saturated rings. The summed E-state index contributed by atoms with van der Waals surface area (Å²) < 4.78 is 0.957. The van der Waals surface area contributed by atoms with E-state index in [1.165, 1.54) is 25.9 Å². The molecule has 0 saturated carbocycles. The molecule has 4 heteroatoms. The summed E-state index contributed by atoms with van der Waals surface area (Å²) in [5.74, 6) is 0.185. The fourth-order valence-corrected chi connectivity index (χ4v) is 2.80. The number of likely N-dealkylation sites (tertiary alicyclic amines) is 1. The Balaban J connectivity index is 1.77. The third-order valence-electron chi connectivity index (χ3n) is 3.56. The van der Waals surface area contributed by atoms with E-state index in [2.05, 4.69) is 25.7 Å². The second-order valence-corrected chi connectivity index (χ2v) is 6.14. The summed E-state index contributed by atoms with van der Waals surface area (Å²) in [7, 11) is 2.02. The second-order valence-electron chi connectivity index (χ2n) is 5.22. The normalized spacial score (nSPS) is 16.2. The van der Waals surface area contributed by atoms with Crippen molar-refractivity contribution in [3.8, 4) is 0 Å². The molecular formula is C15H21BrN2O. The molecule has 0 spiro atoms. The number of halogens is 1. The van der Waals surface area contributed by atoms with Crippen molar-refractivity contribution in [1.29, 1.82) is 0 Å². The first-order chi connectivity index (χ1) is 9.15. The summed E-state index contributed by atoms with van der Waals surface area (Å²) in [6.07, 6.45) is 2.64. The molecule has 2 rings (SSSR count). The largest absolute Gasteiger partial charge is 0.302 e. The molecule has 0 amide bonds. The maximum absolute atomic E-state index is 12.1. The molecule has 1 aromatic carbocycles. The van der Waals surface area contributed by atoms with Gasteiger partial charge in [0.2, 0.25) is 0 Å². The van der Waals surface area contributed by atoms with Gasteiger partial charge >= 0.3 is 0 Å². The summed E-state index contributed by atoms with van der Waals surface area (Å²) in [6.45, 7) is 4.95. The molecule has 3 nitrogen and oxygen atoms in total. The van der Waals surface area contributed by atoms with Gasteiger partial charge in [-0.1, -0.05) is 28.1 Å². The van der Waals surface area contributed by atoms with Crippen LogP contribution < -0.4 is 0 Å². The monoisotopic (exact) mass is 324 g/mol. The lowest BCUT2D eigenvalue weighted by molar-refractivity contribution is 0.0941. The summed E-state index contributed by atoms with van der Waals surface area (Å²) in [6, 6.07) is 7.60. The third-order valence-corrected chi connectivity index (χ3v) is 4.05. The molecule has 1 aromatic rings. The average molecular weight is 325 g/mol. The number of carbonyl (C=O) groups is 1. The van der Waals surface area contributed by atoms with Crippen molar-refractivity contribution in [2.75, 3.05) is 39.8 Å². The van der Waals surface area contributed by atoms with Crippen LogP contribution in [-0.4, -0.2) is 55.4 Å². The van der Waals surface area contributed by atoms with Crippen LogP contribution >= 0.6 is 15.9 Å². The first-order valence-electron chi connectivity index (χ1n) is 6.85. The molecule has 0 N–H and O–H groups in total. The number of hydrogen-bond acceptors (Lipinski definition) is 3. The minimum Gasteiger partial charge on any atom is -0.302 e. The van der Waals surface area contributed by atoms with Gasteiger partial charge in [0.1, 0.15) is 0 Å². The van der Waals surface area contributed by atoms with Crippen molar-refractivity contribution >= 4 is 21.7 Å². The minimum absolute atomic E-state index is 0.185. The van der Waals surface area contributed by atoms with Gasteiger partial charge in [-0.05, 0) is 45.1 Å². The Morgan fingerprint density at radius 3 is 2.79 bits per heavy atom. The smallest absolute Gasteiger partial charge is 0.176 e. The van der Waals surface area contributed by atoms with Crippen LogP contribution in [0.15, 0.2) is 28.7 Å². The Labute approximate surface area is 123 Å². The average Bonchev–Trinajstić information content (AvgIpc) is 2.89. The number of benzene rings is 1. The zero-order valence-electron chi connectivity index (χ0n) is 11.4. The summed E-state index contributed by atoms with van der Waals surface area (Å²) in [4.78, 5) is 16.7. The van der Waals surface area contributed by atoms with E-state index in [-0.39, 0.29) is 5.78 Å². The fourth-order valence-electron chi connectivity index (χ4n) is 2.40. The van der Waals surface area contributed by atoms with Crippen LogP contribution in [0.2, 0.25) is 0 Å². The van der Waals surface area contributed by atoms with Gasteiger partial charge in [0.25, 0.3) is 0 Å². The molecule has 0 aromatic heterocycles. The van der Waals surface area contributed by atoms with E-state index in [0.717, 1.165) is 23.1 Å². The van der Waals surface area contributed by atoms with Crippen LogP contribution in [0.3, 0.4) is 0 Å². The van der Waals surface area contributed by atoms with E-state index in [9.17, 15) is 4.79 Å². The highest BCUT2D eigenvalue weighted by molar-refractivity contribution is 9.10. The van der Waals surface area contributed by atoms with Gasteiger partial charge in [0.15, 0.2) is 5.78 Å². The zero-order valence-corrected chi connectivity index (χ0v) is 13.0. The molecule has 19 heavy (non-hydrogen) atoms. The predicted octanol–water partition coefficient (Wildman–Crippen LogP) is 2.66. The number of carbonyl (C=O) groups excluding carboxylic acids is 1. The number of ketones is 1. The predicted molar refractivity (Wildman–Crippen MR) is 81.6 cm³/mol. The van der Waals surface area contributed by atoms with E-state index in [4.69, 9.17) is 0 Å². The van der Waals surface area contributed by atoms with E-state index in [1.807, 2.05) is 31.3 Å². The van der Waals surface area contributed by atoms with Crippen molar-refractivity contribution in [3.05, 3.63) is 34.3 Å². The number of nitrogens with zero attached hydrogens (tertiary/aromatic N) is 2. The highest BCUT2D eigenvalue weighted by atomic mass is 79.9. The van der Waals surface area contributed by atoms with E-state index in [1.54, 1.807) is 0 Å². The lowest BCUT2D eigenvalue weighted by atomic mass is 10.1. The van der Waals surface area contributed by atoms with Crippen LogP contribution in [0.4, 0.5) is 0 Å². The lowest BCUT2D eigenvalue weighted by Crippen LogP contribution is -2.34. The number of hydrogen-bond donors (Lipinski definition) is 0. The van der Waals surface area contributed by atoms with Gasteiger partial charge in [0.05, 0.1) is 6.54 Å². The second kappa shape index (κ2) is 7.17. The van der Waals surface area contributed by atoms with Crippen LogP contribution in [0, 0.1) is 0 Å².